The van der Waals surface area contributed by atoms with Crippen LogP contribution in [-0.2, 0) is 0 Å². The van der Waals surface area contributed by atoms with Crippen LogP contribution >= 0.6 is 0 Å². The van der Waals surface area contributed by atoms with E-state index in [0.29, 0.717) is 0 Å². The van der Waals surface area contributed by atoms with Crippen molar-refractivity contribution in [2.24, 2.45) is 0 Å². The SMILES string of the molecule is c1ccc(-n2c(-c3cccc(-c4c5ccccc5c(-c5ccc6c(-c7cccc8ccccc78)c7ccccc7c(-c7cccc8ccccc78)c6c5)c5ccccc45)c3)nc3ccccc32)cc1. The van der Waals surface area contributed by atoms with Crippen LogP contribution < -0.4 is 0 Å². The van der Waals surface area contributed by atoms with Gasteiger partial charge in [0.05, 0.1) is 11.0 Å². The minimum atomic E-state index is 0.919. The zero-order chi connectivity index (χ0) is 45.4. The number of aromatic nitrogens is 2. The maximum absolute atomic E-state index is 5.27. The van der Waals surface area contributed by atoms with E-state index in [9.17, 15) is 0 Å². The summed E-state index contributed by atoms with van der Waals surface area (Å²) in [5, 5.41) is 14.8. The highest BCUT2D eigenvalue weighted by Crippen LogP contribution is 2.50. The van der Waals surface area contributed by atoms with Crippen LogP contribution in [0, 0.1) is 0 Å². The quantitative estimate of drug-likeness (QED) is 0.152. The van der Waals surface area contributed by atoms with E-state index >= 15 is 0 Å². The fourth-order valence-electron chi connectivity index (χ4n) is 11.4. The smallest absolute Gasteiger partial charge is 0.145 e. The van der Waals surface area contributed by atoms with Crippen molar-refractivity contribution in [3.8, 4) is 61.6 Å². The van der Waals surface area contributed by atoms with Gasteiger partial charge in [-0.05, 0) is 146 Å². The third-order valence-electron chi connectivity index (χ3n) is 14.3. The highest BCUT2D eigenvalue weighted by atomic mass is 15.1. The van der Waals surface area contributed by atoms with Crippen LogP contribution in [0.5, 0.6) is 0 Å². The van der Waals surface area contributed by atoms with E-state index in [2.05, 4.69) is 259 Å². The van der Waals surface area contributed by atoms with Crippen LogP contribution in [0.4, 0.5) is 0 Å². The van der Waals surface area contributed by atoms with Crippen LogP contribution in [0.2, 0.25) is 0 Å². The lowest BCUT2D eigenvalue weighted by molar-refractivity contribution is 1.10. The molecule has 14 aromatic rings. The molecule has 0 atom stereocenters. The van der Waals surface area contributed by atoms with Crippen molar-refractivity contribution < 1.29 is 0 Å². The highest BCUT2D eigenvalue weighted by molar-refractivity contribution is 6.27. The maximum atomic E-state index is 5.27. The molecular formula is C67H42N2. The molecule has 0 saturated carbocycles. The molecule has 0 aliphatic carbocycles. The number of imidazole rings is 1. The second kappa shape index (κ2) is 15.8. The molecule has 0 bridgehead atoms. The van der Waals surface area contributed by atoms with Crippen molar-refractivity contribution in [2.75, 3.05) is 0 Å². The summed E-state index contributed by atoms with van der Waals surface area (Å²) < 4.78 is 2.29. The van der Waals surface area contributed by atoms with E-state index in [-0.39, 0.29) is 0 Å². The van der Waals surface area contributed by atoms with Gasteiger partial charge < -0.3 is 0 Å². The number of benzene rings is 13. The molecular weight excluding hydrogens is 833 g/mol. The largest absolute Gasteiger partial charge is 0.292 e. The number of nitrogens with zero attached hydrogens (tertiary/aromatic N) is 2. The van der Waals surface area contributed by atoms with Crippen LogP contribution in [-0.4, -0.2) is 9.55 Å². The molecule has 0 aliphatic rings. The number of hydrogen-bond acceptors (Lipinski definition) is 1. The van der Waals surface area contributed by atoms with Crippen molar-refractivity contribution in [1.29, 1.82) is 0 Å². The van der Waals surface area contributed by atoms with E-state index in [4.69, 9.17) is 4.98 Å². The van der Waals surface area contributed by atoms with Crippen LogP contribution in [0.15, 0.2) is 255 Å². The van der Waals surface area contributed by atoms with Crippen LogP contribution in [0.3, 0.4) is 0 Å². The van der Waals surface area contributed by atoms with Gasteiger partial charge in [0.1, 0.15) is 5.82 Å². The number of rotatable bonds is 6. The van der Waals surface area contributed by atoms with Gasteiger partial charge in [-0.25, -0.2) is 4.98 Å². The predicted molar refractivity (Wildman–Crippen MR) is 293 cm³/mol. The van der Waals surface area contributed by atoms with Gasteiger partial charge in [0.2, 0.25) is 0 Å². The van der Waals surface area contributed by atoms with Gasteiger partial charge >= 0.3 is 0 Å². The molecule has 0 radical (unpaired) electrons. The van der Waals surface area contributed by atoms with Gasteiger partial charge in [0, 0.05) is 11.3 Å². The highest BCUT2D eigenvalue weighted by Gasteiger charge is 2.23. The summed E-state index contributed by atoms with van der Waals surface area (Å²) in [6, 6.07) is 93.4. The van der Waals surface area contributed by atoms with Gasteiger partial charge in [0.25, 0.3) is 0 Å². The van der Waals surface area contributed by atoms with Gasteiger partial charge in [-0.3, -0.25) is 4.57 Å². The summed E-state index contributed by atoms with van der Waals surface area (Å²) in [6.07, 6.45) is 0. The zero-order valence-electron chi connectivity index (χ0n) is 37.6. The number of para-hydroxylation sites is 3. The molecule has 2 heteroatoms. The monoisotopic (exact) mass is 874 g/mol. The standard InChI is InChI=1S/C67H42N2/c1-2-25-48(26-3-1)69-62-38-15-14-37-61(62)68-67(69)47-24-16-23-45(41-47)63-53-29-8-10-31-55(53)64(56-32-11-9-30-54(56)63)46-39-40-59-60(42-46)66(52-36-18-22-44-20-5-7-28-50(44)52)58-34-13-12-33-57(58)65(59)51-35-17-21-43-19-4-6-27-49(43)51/h1-42H. The Kier molecular flexibility index (Phi) is 8.93. The molecule has 0 amide bonds. The molecule has 2 nitrogen and oxygen atoms in total. The minimum absolute atomic E-state index is 0.919. The summed E-state index contributed by atoms with van der Waals surface area (Å²) in [5.41, 5.74) is 14.0. The topological polar surface area (TPSA) is 17.8 Å². The Labute approximate surface area is 399 Å². The fourth-order valence-corrected chi connectivity index (χ4v) is 11.4. The molecule has 0 N–H and O–H groups in total. The first-order valence-corrected chi connectivity index (χ1v) is 23.8. The Morgan fingerprint density at radius 1 is 0.261 bits per heavy atom. The molecule has 0 fully saturated rings. The summed E-state index contributed by atoms with van der Waals surface area (Å²) in [7, 11) is 0. The molecule has 1 heterocycles. The fraction of sp³-hybridized carbons (Fsp3) is 0. The van der Waals surface area contributed by atoms with E-state index in [1.165, 1.54) is 104 Å². The third-order valence-corrected chi connectivity index (χ3v) is 14.3. The van der Waals surface area contributed by atoms with Gasteiger partial charge in [-0.15, -0.1) is 0 Å². The third kappa shape index (κ3) is 6.16. The van der Waals surface area contributed by atoms with Gasteiger partial charge in [0.15, 0.2) is 0 Å². The number of hydrogen-bond donors (Lipinski definition) is 0. The molecule has 69 heavy (non-hydrogen) atoms. The van der Waals surface area contributed by atoms with E-state index < -0.39 is 0 Å². The molecule has 0 spiro atoms. The molecule has 0 aliphatic heterocycles. The average Bonchev–Trinajstić information content (AvgIpc) is 3.81. The van der Waals surface area contributed by atoms with Crippen molar-refractivity contribution in [1.82, 2.24) is 9.55 Å². The Morgan fingerprint density at radius 2 is 0.681 bits per heavy atom. The summed E-state index contributed by atoms with van der Waals surface area (Å²) >= 11 is 0. The maximum Gasteiger partial charge on any atom is 0.145 e. The van der Waals surface area contributed by atoms with Crippen LogP contribution in [0.1, 0.15) is 0 Å². The van der Waals surface area contributed by atoms with E-state index in [1.807, 2.05) is 0 Å². The first kappa shape index (κ1) is 39.1. The Balaban J connectivity index is 1.05. The van der Waals surface area contributed by atoms with Gasteiger partial charge in [-0.2, -0.15) is 0 Å². The lowest BCUT2D eigenvalue weighted by Crippen LogP contribution is -1.97. The molecule has 0 unspecified atom stereocenters. The second-order valence-corrected chi connectivity index (χ2v) is 18.1. The molecule has 13 aromatic carbocycles. The lowest BCUT2D eigenvalue weighted by atomic mass is 9.81. The first-order chi connectivity index (χ1) is 34.3. The van der Waals surface area contributed by atoms with Gasteiger partial charge in [-0.1, -0.05) is 218 Å². The Bertz CT molecular complexity index is 4300. The normalized spacial score (nSPS) is 11.8. The van der Waals surface area contributed by atoms with Crippen molar-refractivity contribution in [2.45, 2.75) is 0 Å². The molecule has 1 aromatic heterocycles. The minimum Gasteiger partial charge on any atom is -0.292 e. The Morgan fingerprint density at radius 3 is 1.28 bits per heavy atom. The summed E-state index contributed by atoms with van der Waals surface area (Å²) in [5.74, 6) is 0.919. The summed E-state index contributed by atoms with van der Waals surface area (Å²) in [6.45, 7) is 0. The van der Waals surface area contributed by atoms with E-state index in [0.717, 1.165) is 33.7 Å². The second-order valence-electron chi connectivity index (χ2n) is 18.1. The van der Waals surface area contributed by atoms with Crippen LogP contribution in [0.25, 0.3) is 137 Å². The number of fused-ring (bicyclic) bond motifs is 7. The average molecular weight is 875 g/mol. The first-order valence-electron chi connectivity index (χ1n) is 23.8. The molecule has 14 rings (SSSR count). The van der Waals surface area contributed by atoms with Crippen molar-refractivity contribution >= 4 is 75.7 Å². The van der Waals surface area contributed by atoms with Crippen molar-refractivity contribution in [3.63, 3.8) is 0 Å². The Hall–Kier alpha value is -9.11. The summed E-state index contributed by atoms with van der Waals surface area (Å²) in [4.78, 5) is 5.27. The predicted octanol–water partition coefficient (Wildman–Crippen LogP) is 18.3. The lowest BCUT2D eigenvalue weighted by Gasteiger charge is -2.22. The van der Waals surface area contributed by atoms with E-state index in [1.54, 1.807) is 0 Å². The van der Waals surface area contributed by atoms with Crippen molar-refractivity contribution in [3.05, 3.63) is 255 Å². The molecule has 320 valence electrons. The molecule has 0 saturated heterocycles. The zero-order valence-corrected chi connectivity index (χ0v) is 37.6.